The smallest absolute Gasteiger partial charge is 0.255 e. The number of anilines is 1. The Morgan fingerprint density at radius 3 is 2.70 bits per heavy atom. The second kappa shape index (κ2) is 7.39. The number of hydrogen-bond donors (Lipinski definition) is 1. The molecule has 1 aromatic heterocycles. The molecule has 4 aromatic rings. The number of nitrogens with one attached hydrogen (secondary N) is 1. The standard InChI is InChI=1S/C21H15ClN2O2S/c1-13-2-6-16(7-3-13)26-19-9-5-15(22)11-18(19)24-21(25)14-4-8-17-20(10-14)27-12-23-17/h2-12H,1H3,(H,24,25). The fraction of sp³-hybridized carbons (Fsp3) is 0.0476. The number of aromatic nitrogens is 1. The first-order chi connectivity index (χ1) is 13.1. The van der Waals surface area contributed by atoms with Crippen LogP contribution < -0.4 is 10.1 Å². The molecule has 0 aliphatic rings. The number of thiazole rings is 1. The van der Waals surface area contributed by atoms with E-state index in [1.165, 1.54) is 11.3 Å². The number of nitrogens with zero attached hydrogens (tertiary/aromatic N) is 1. The van der Waals surface area contributed by atoms with E-state index in [0.717, 1.165) is 15.8 Å². The molecule has 0 bridgehead atoms. The van der Waals surface area contributed by atoms with Crippen molar-refractivity contribution in [3.8, 4) is 11.5 Å². The molecule has 27 heavy (non-hydrogen) atoms. The molecule has 6 heteroatoms. The van der Waals surface area contributed by atoms with Crippen LogP contribution in [0.1, 0.15) is 15.9 Å². The Morgan fingerprint density at radius 2 is 1.89 bits per heavy atom. The number of carbonyl (C=O) groups is 1. The maximum absolute atomic E-state index is 12.7. The van der Waals surface area contributed by atoms with E-state index in [2.05, 4.69) is 10.3 Å². The third kappa shape index (κ3) is 3.94. The fourth-order valence-corrected chi connectivity index (χ4v) is 3.50. The molecule has 3 aromatic carbocycles. The van der Waals surface area contributed by atoms with Crippen LogP contribution in [0.3, 0.4) is 0 Å². The van der Waals surface area contributed by atoms with Crippen molar-refractivity contribution in [3.05, 3.63) is 82.3 Å². The number of halogens is 1. The van der Waals surface area contributed by atoms with Crippen LogP contribution in [0.15, 0.2) is 66.2 Å². The molecule has 0 radical (unpaired) electrons. The number of carbonyl (C=O) groups excluding carboxylic acids is 1. The van der Waals surface area contributed by atoms with Gasteiger partial charge < -0.3 is 10.1 Å². The molecular weight excluding hydrogens is 380 g/mol. The number of hydrogen-bond acceptors (Lipinski definition) is 4. The van der Waals surface area contributed by atoms with Gasteiger partial charge in [0, 0.05) is 10.6 Å². The lowest BCUT2D eigenvalue weighted by Gasteiger charge is -2.13. The molecular formula is C21H15ClN2O2S. The molecule has 0 atom stereocenters. The lowest BCUT2D eigenvalue weighted by Crippen LogP contribution is -2.12. The first kappa shape index (κ1) is 17.5. The van der Waals surface area contributed by atoms with Crippen LogP contribution >= 0.6 is 22.9 Å². The summed E-state index contributed by atoms with van der Waals surface area (Å²) in [5.41, 5.74) is 4.84. The van der Waals surface area contributed by atoms with Gasteiger partial charge in [-0.2, -0.15) is 0 Å². The summed E-state index contributed by atoms with van der Waals surface area (Å²) in [4.78, 5) is 16.9. The van der Waals surface area contributed by atoms with Gasteiger partial charge in [0.15, 0.2) is 5.75 Å². The number of benzene rings is 3. The van der Waals surface area contributed by atoms with Gasteiger partial charge in [0.05, 0.1) is 21.4 Å². The van der Waals surface area contributed by atoms with Crippen molar-refractivity contribution in [3.63, 3.8) is 0 Å². The van der Waals surface area contributed by atoms with E-state index in [1.807, 2.05) is 43.3 Å². The molecule has 0 aliphatic heterocycles. The van der Waals surface area contributed by atoms with Gasteiger partial charge in [-0.1, -0.05) is 29.3 Å². The van der Waals surface area contributed by atoms with Gasteiger partial charge in [-0.25, -0.2) is 4.98 Å². The SMILES string of the molecule is Cc1ccc(Oc2ccc(Cl)cc2NC(=O)c2ccc3ncsc3c2)cc1. The Morgan fingerprint density at radius 1 is 1.07 bits per heavy atom. The average Bonchev–Trinajstić information content (AvgIpc) is 3.13. The fourth-order valence-electron chi connectivity index (χ4n) is 2.61. The highest BCUT2D eigenvalue weighted by molar-refractivity contribution is 7.16. The lowest BCUT2D eigenvalue weighted by atomic mass is 10.2. The summed E-state index contributed by atoms with van der Waals surface area (Å²) in [6, 6.07) is 18.3. The highest BCUT2D eigenvalue weighted by Crippen LogP contribution is 2.32. The third-order valence-electron chi connectivity index (χ3n) is 4.03. The van der Waals surface area contributed by atoms with Gasteiger partial charge in [0.2, 0.25) is 0 Å². The number of fused-ring (bicyclic) bond motifs is 1. The van der Waals surface area contributed by atoms with E-state index >= 15 is 0 Å². The van der Waals surface area contributed by atoms with E-state index in [4.69, 9.17) is 16.3 Å². The molecule has 0 saturated carbocycles. The van der Waals surface area contributed by atoms with Gasteiger partial charge in [-0.15, -0.1) is 11.3 Å². The first-order valence-corrected chi connectivity index (χ1v) is 9.53. The number of aryl methyl sites for hydroxylation is 1. The van der Waals surface area contributed by atoms with E-state index in [9.17, 15) is 4.79 Å². The van der Waals surface area contributed by atoms with Gasteiger partial charge >= 0.3 is 0 Å². The maximum Gasteiger partial charge on any atom is 0.255 e. The molecule has 1 N–H and O–H groups in total. The van der Waals surface area contributed by atoms with Crippen molar-refractivity contribution in [2.45, 2.75) is 6.92 Å². The zero-order chi connectivity index (χ0) is 18.8. The molecule has 4 nitrogen and oxygen atoms in total. The van der Waals surface area contributed by atoms with Crippen LogP contribution in [0, 0.1) is 6.92 Å². The highest BCUT2D eigenvalue weighted by Gasteiger charge is 2.13. The van der Waals surface area contributed by atoms with Crippen LogP contribution in [-0.4, -0.2) is 10.9 Å². The zero-order valence-corrected chi connectivity index (χ0v) is 16.0. The van der Waals surface area contributed by atoms with Crippen LogP contribution in [0.25, 0.3) is 10.2 Å². The summed E-state index contributed by atoms with van der Waals surface area (Å²) < 4.78 is 6.90. The molecule has 134 valence electrons. The van der Waals surface area contributed by atoms with E-state index in [-0.39, 0.29) is 5.91 Å². The quantitative estimate of drug-likeness (QED) is 0.441. The van der Waals surface area contributed by atoms with Crippen LogP contribution in [0.4, 0.5) is 5.69 Å². The summed E-state index contributed by atoms with van der Waals surface area (Å²) in [6.45, 7) is 2.01. The monoisotopic (exact) mass is 394 g/mol. The molecule has 1 heterocycles. The summed E-state index contributed by atoms with van der Waals surface area (Å²) in [6.07, 6.45) is 0. The topological polar surface area (TPSA) is 51.2 Å². The highest BCUT2D eigenvalue weighted by atomic mass is 35.5. The third-order valence-corrected chi connectivity index (χ3v) is 5.06. The normalized spacial score (nSPS) is 10.7. The maximum atomic E-state index is 12.7. The second-order valence-electron chi connectivity index (χ2n) is 6.04. The predicted molar refractivity (Wildman–Crippen MR) is 110 cm³/mol. The van der Waals surface area contributed by atoms with Crippen molar-refractivity contribution in [1.29, 1.82) is 0 Å². The Balaban J connectivity index is 1.61. The number of amides is 1. The summed E-state index contributed by atoms with van der Waals surface area (Å²) >= 11 is 7.62. The number of ether oxygens (including phenoxy) is 1. The Hall–Kier alpha value is -2.89. The van der Waals surface area contributed by atoms with Gasteiger partial charge in [0.1, 0.15) is 5.75 Å². The van der Waals surface area contributed by atoms with Crippen molar-refractivity contribution in [2.24, 2.45) is 0 Å². The second-order valence-corrected chi connectivity index (χ2v) is 7.37. The van der Waals surface area contributed by atoms with Gasteiger partial charge in [-0.05, 0) is 55.5 Å². The van der Waals surface area contributed by atoms with Crippen LogP contribution in [-0.2, 0) is 0 Å². The van der Waals surface area contributed by atoms with E-state index in [0.29, 0.717) is 27.8 Å². The van der Waals surface area contributed by atoms with Crippen molar-refractivity contribution in [2.75, 3.05) is 5.32 Å². The minimum atomic E-state index is -0.235. The van der Waals surface area contributed by atoms with Crippen LogP contribution in [0.5, 0.6) is 11.5 Å². The number of rotatable bonds is 4. The van der Waals surface area contributed by atoms with Crippen molar-refractivity contribution < 1.29 is 9.53 Å². The molecule has 0 spiro atoms. The summed E-state index contributed by atoms with van der Waals surface area (Å²) in [5.74, 6) is 0.973. The van der Waals surface area contributed by atoms with E-state index in [1.54, 1.807) is 29.8 Å². The van der Waals surface area contributed by atoms with E-state index < -0.39 is 0 Å². The van der Waals surface area contributed by atoms with Crippen molar-refractivity contribution >= 4 is 44.7 Å². The van der Waals surface area contributed by atoms with Crippen molar-refractivity contribution in [1.82, 2.24) is 4.98 Å². The molecule has 4 rings (SSSR count). The lowest BCUT2D eigenvalue weighted by molar-refractivity contribution is 0.102. The first-order valence-electron chi connectivity index (χ1n) is 8.27. The molecule has 0 unspecified atom stereocenters. The summed E-state index contributed by atoms with van der Waals surface area (Å²) in [5, 5.41) is 3.41. The molecule has 0 aliphatic carbocycles. The average molecular weight is 395 g/mol. The minimum Gasteiger partial charge on any atom is -0.455 e. The Kier molecular flexibility index (Phi) is 4.79. The van der Waals surface area contributed by atoms with Gasteiger partial charge in [0.25, 0.3) is 5.91 Å². The van der Waals surface area contributed by atoms with Gasteiger partial charge in [-0.3, -0.25) is 4.79 Å². The largest absolute Gasteiger partial charge is 0.455 e. The molecule has 1 amide bonds. The molecule has 0 saturated heterocycles. The summed E-state index contributed by atoms with van der Waals surface area (Å²) in [7, 11) is 0. The minimum absolute atomic E-state index is 0.235. The predicted octanol–water partition coefficient (Wildman–Crippen LogP) is 6.30. The zero-order valence-electron chi connectivity index (χ0n) is 14.4. The molecule has 0 fully saturated rings. The Bertz CT molecular complexity index is 1120. The van der Waals surface area contributed by atoms with Crippen LogP contribution in [0.2, 0.25) is 5.02 Å². The Labute approximate surface area is 165 Å².